The van der Waals surface area contributed by atoms with Crippen molar-refractivity contribution in [3.8, 4) is 0 Å². The lowest BCUT2D eigenvalue weighted by Gasteiger charge is -2.19. The minimum Gasteiger partial charge on any atom is -0.342 e. The Morgan fingerprint density at radius 1 is 1.29 bits per heavy atom. The van der Waals surface area contributed by atoms with Crippen LogP contribution in [0.5, 0.6) is 0 Å². The summed E-state index contributed by atoms with van der Waals surface area (Å²) in [6.45, 7) is 3.22. The van der Waals surface area contributed by atoms with Crippen LogP contribution in [0.1, 0.15) is 25.5 Å². The van der Waals surface area contributed by atoms with E-state index in [1.165, 1.54) is 0 Å². The zero-order valence-corrected chi connectivity index (χ0v) is 9.71. The minimum atomic E-state index is -0.982. The van der Waals surface area contributed by atoms with Crippen LogP contribution >= 0.6 is 0 Å². The lowest BCUT2D eigenvalue weighted by atomic mass is 9.83. The SMILES string of the molecule is CC1(C)C(=O)N[C@H](c2ccccc2)[C@H]1[N+](=O)[O-]. The molecule has 2 atom stereocenters. The van der Waals surface area contributed by atoms with Crippen molar-refractivity contribution < 1.29 is 9.72 Å². The van der Waals surface area contributed by atoms with Gasteiger partial charge in [-0.25, -0.2) is 0 Å². The first-order valence-electron chi connectivity index (χ1n) is 5.44. The van der Waals surface area contributed by atoms with Crippen LogP contribution in [0.3, 0.4) is 0 Å². The third kappa shape index (κ3) is 1.77. The van der Waals surface area contributed by atoms with Gasteiger partial charge in [-0.3, -0.25) is 14.9 Å². The maximum atomic E-state index is 11.8. The molecule has 1 aromatic carbocycles. The first-order valence-corrected chi connectivity index (χ1v) is 5.44. The van der Waals surface area contributed by atoms with E-state index in [2.05, 4.69) is 5.32 Å². The maximum absolute atomic E-state index is 11.8. The number of nitrogens with one attached hydrogen (secondary N) is 1. The first kappa shape index (κ1) is 11.6. The molecule has 1 aromatic rings. The highest BCUT2D eigenvalue weighted by Gasteiger charge is 2.57. The molecule has 17 heavy (non-hydrogen) atoms. The number of hydrogen-bond acceptors (Lipinski definition) is 3. The van der Waals surface area contributed by atoms with Crippen LogP contribution in [0.25, 0.3) is 0 Å². The Labute approximate surface area is 99.0 Å². The van der Waals surface area contributed by atoms with Gasteiger partial charge in [-0.2, -0.15) is 0 Å². The molecule has 1 saturated heterocycles. The number of nitro groups is 1. The van der Waals surface area contributed by atoms with E-state index in [9.17, 15) is 14.9 Å². The average Bonchev–Trinajstić information content (AvgIpc) is 2.51. The van der Waals surface area contributed by atoms with Crippen molar-refractivity contribution in [3.63, 3.8) is 0 Å². The second-order valence-electron chi connectivity index (χ2n) is 4.81. The summed E-state index contributed by atoms with van der Waals surface area (Å²) in [6.07, 6.45) is 0. The number of rotatable bonds is 2. The number of nitrogens with zero attached hydrogens (tertiary/aromatic N) is 1. The van der Waals surface area contributed by atoms with Gasteiger partial charge in [0.2, 0.25) is 5.91 Å². The molecule has 1 heterocycles. The summed E-state index contributed by atoms with van der Waals surface area (Å²) >= 11 is 0. The topological polar surface area (TPSA) is 72.2 Å². The van der Waals surface area contributed by atoms with Gasteiger partial charge in [0.25, 0.3) is 6.04 Å². The Kier molecular flexibility index (Phi) is 2.61. The largest absolute Gasteiger partial charge is 0.342 e. The highest BCUT2D eigenvalue weighted by atomic mass is 16.6. The fraction of sp³-hybridized carbons (Fsp3) is 0.417. The summed E-state index contributed by atoms with van der Waals surface area (Å²) in [5.74, 6) is -0.270. The van der Waals surface area contributed by atoms with E-state index in [4.69, 9.17) is 0 Å². The standard InChI is InChI=1S/C12H14N2O3/c1-12(2)10(14(16)17)9(13-11(12)15)8-6-4-3-5-7-8/h3-7,9-10H,1-2H3,(H,13,15)/t9-,10-/m1/s1. The van der Waals surface area contributed by atoms with E-state index >= 15 is 0 Å². The van der Waals surface area contributed by atoms with Crippen molar-refractivity contribution in [1.29, 1.82) is 0 Å². The third-order valence-electron chi connectivity index (χ3n) is 3.31. The van der Waals surface area contributed by atoms with Crippen LogP contribution in [0.15, 0.2) is 30.3 Å². The number of carbonyl (C=O) groups is 1. The molecule has 1 aliphatic rings. The van der Waals surface area contributed by atoms with E-state index < -0.39 is 17.5 Å². The van der Waals surface area contributed by atoms with Gasteiger partial charge in [0.1, 0.15) is 11.5 Å². The molecule has 1 fully saturated rings. The zero-order chi connectivity index (χ0) is 12.6. The molecule has 0 aromatic heterocycles. The molecule has 90 valence electrons. The van der Waals surface area contributed by atoms with Crippen LogP contribution < -0.4 is 5.32 Å². The molecule has 0 unspecified atom stereocenters. The van der Waals surface area contributed by atoms with Crippen LogP contribution in [0.2, 0.25) is 0 Å². The van der Waals surface area contributed by atoms with Crippen LogP contribution in [0.4, 0.5) is 0 Å². The molecule has 1 amide bonds. The molecule has 0 radical (unpaired) electrons. The normalized spacial score (nSPS) is 26.6. The Hall–Kier alpha value is -1.91. The molecule has 0 bridgehead atoms. The minimum absolute atomic E-state index is 0.270. The predicted octanol–water partition coefficient (Wildman–Crippen LogP) is 1.53. The van der Waals surface area contributed by atoms with Gasteiger partial charge in [0.05, 0.1) is 0 Å². The predicted molar refractivity (Wildman–Crippen MR) is 61.9 cm³/mol. The summed E-state index contributed by atoms with van der Waals surface area (Å²) < 4.78 is 0. The van der Waals surface area contributed by atoms with Crippen molar-refractivity contribution in [2.24, 2.45) is 5.41 Å². The molecule has 5 heteroatoms. The molecule has 0 spiro atoms. The van der Waals surface area contributed by atoms with Crippen molar-refractivity contribution in [3.05, 3.63) is 46.0 Å². The first-order chi connectivity index (χ1) is 7.94. The van der Waals surface area contributed by atoms with Crippen molar-refractivity contribution >= 4 is 5.91 Å². The van der Waals surface area contributed by atoms with Gasteiger partial charge in [0.15, 0.2) is 0 Å². The summed E-state index contributed by atoms with van der Waals surface area (Å²) in [7, 11) is 0. The van der Waals surface area contributed by atoms with E-state index in [0.29, 0.717) is 0 Å². The van der Waals surface area contributed by atoms with E-state index in [0.717, 1.165) is 5.56 Å². The maximum Gasteiger partial charge on any atom is 0.250 e. The second kappa shape index (κ2) is 3.84. The van der Waals surface area contributed by atoms with E-state index in [-0.39, 0.29) is 10.8 Å². The van der Waals surface area contributed by atoms with E-state index in [1.807, 2.05) is 18.2 Å². The van der Waals surface area contributed by atoms with Crippen LogP contribution in [-0.4, -0.2) is 16.9 Å². The van der Waals surface area contributed by atoms with E-state index in [1.54, 1.807) is 26.0 Å². The van der Waals surface area contributed by atoms with Crippen molar-refractivity contribution in [2.45, 2.75) is 25.9 Å². The molecule has 5 nitrogen and oxygen atoms in total. The van der Waals surface area contributed by atoms with Crippen molar-refractivity contribution in [2.75, 3.05) is 0 Å². The Bertz CT molecular complexity index is 456. The third-order valence-corrected chi connectivity index (χ3v) is 3.31. The second-order valence-corrected chi connectivity index (χ2v) is 4.81. The van der Waals surface area contributed by atoms with Gasteiger partial charge < -0.3 is 5.32 Å². The van der Waals surface area contributed by atoms with Gasteiger partial charge in [-0.1, -0.05) is 30.3 Å². The van der Waals surface area contributed by atoms with Crippen LogP contribution in [-0.2, 0) is 4.79 Å². The zero-order valence-electron chi connectivity index (χ0n) is 9.71. The summed E-state index contributed by atoms with van der Waals surface area (Å²) in [4.78, 5) is 22.6. The number of carbonyl (C=O) groups excluding carboxylic acids is 1. The number of benzene rings is 1. The molecule has 0 saturated carbocycles. The highest BCUT2D eigenvalue weighted by molar-refractivity contribution is 5.85. The van der Waals surface area contributed by atoms with Gasteiger partial charge in [-0.05, 0) is 19.4 Å². The van der Waals surface area contributed by atoms with Gasteiger partial charge in [0, 0.05) is 4.92 Å². The lowest BCUT2D eigenvalue weighted by molar-refractivity contribution is -0.538. The summed E-state index contributed by atoms with van der Waals surface area (Å²) in [5, 5.41) is 13.9. The van der Waals surface area contributed by atoms with Gasteiger partial charge >= 0.3 is 0 Å². The molecule has 1 N–H and O–H groups in total. The average molecular weight is 234 g/mol. The highest BCUT2D eigenvalue weighted by Crippen LogP contribution is 2.38. The molecule has 0 aliphatic carbocycles. The Morgan fingerprint density at radius 3 is 2.41 bits per heavy atom. The fourth-order valence-corrected chi connectivity index (χ4v) is 2.27. The smallest absolute Gasteiger partial charge is 0.250 e. The Balaban J connectivity index is 2.42. The summed E-state index contributed by atoms with van der Waals surface area (Å²) in [6, 6.07) is 7.57. The monoisotopic (exact) mass is 234 g/mol. The van der Waals surface area contributed by atoms with Crippen LogP contribution in [0, 0.1) is 15.5 Å². The van der Waals surface area contributed by atoms with Gasteiger partial charge in [-0.15, -0.1) is 0 Å². The molecular weight excluding hydrogens is 220 g/mol. The lowest BCUT2D eigenvalue weighted by Crippen LogP contribution is -2.37. The Morgan fingerprint density at radius 2 is 1.88 bits per heavy atom. The quantitative estimate of drug-likeness (QED) is 0.623. The number of amides is 1. The van der Waals surface area contributed by atoms with Crippen molar-refractivity contribution in [1.82, 2.24) is 5.32 Å². The molecule has 2 rings (SSSR count). The molecular formula is C12H14N2O3. The fourth-order valence-electron chi connectivity index (χ4n) is 2.27. The molecule has 1 aliphatic heterocycles. The summed E-state index contributed by atoms with van der Waals surface area (Å²) in [5.41, 5.74) is -0.211. The number of hydrogen-bond donors (Lipinski definition) is 1.